The molecule has 4 rings (SSSR count). The first-order valence-corrected chi connectivity index (χ1v) is 9.83. The van der Waals surface area contributed by atoms with Gasteiger partial charge in [0.2, 0.25) is 5.91 Å². The number of anilines is 1. The van der Waals surface area contributed by atoms with E-state index in [-0.39, 0.29) is 17.7 Å². The third-order valence-corrected chi connectivity index (χ3v) is 6.07. The maximum atomic E-state index is 13.0. The fourth-order valence-corrected chi connectivity index (χ4v) is 4.60. The van der Waals surface area contributed by atoms with Crippen LogP contribution >= 0.6 is 11.3 Å². The van der Waals surface area contributed by atoms with Crippen molar-refractivity contribution < 1.29 is 4.79 Å². The van der Waals surface area contributed by atoms with Crippen LogP contribution < -0.4 is 5.32 Å². The predicted molar refractivity (Wildman–Crippen MR) is 109 cm³/mol. The molecule has 0 aliphatic heterocycles. The number of nitrogens with one attached hydrogen (secondary N) is 1. The second-order valence-corrected chi connectivity index (χ2v) is 7.76. The van der Waals surface area contributed by atoms with Crippen LogP contribution in [-0.4, -0.2) is 10.9 Å². The van der Waals surface area contributed by atoms with Crippen molar-refractivity contribution in [2.45, 2.75) is 25.2 Å². The van der Waals surface area contributed by atoms with Crippen molar-refractivity contribution in [3.8, 4) is 6.07 Å². The Hall–Kier alpha value is -2.97. The standard InChI is InChI=1S/C22H19N3OS/c23-14-13-15-9-11-16(12-10-15)24-21(26)17-5-1-2-6-18(17)22-25-19-7-3-4-8-20(19)27-22/h1-4,7-12,17-18H,5-6,13H2,(H,24,26). The van der Waals surface area contributed by atoms with Gasteiger partial charge in [-0.2, -0.15) is 5.26 Å². The summed E-state index contributed by atoms with van der Waals surface area (Å²) in [6.07, 6.45) is 6.17. The number of allylic oxidation sites excluding steroid dienone is 2. The van der Waals surface area contributed by atoms with Gasteiger partial charge in [0.05, 0.1) is 33.6 Å². The summed E-state index contributed by atoms with van der Waals surface area (Å²) in [5, 5.41) is 12.8. The molecule has 4 nitrogen and oxygen atoms in total. The normalized spacial score (nSPS) is 18.9. The molecule has 5 heteroatoms. The van der Waals surface area contributed by atoms with Gasteiger partial charge >= 0.3 is 0 Å². The fraction of sp³-hybridized carbons (Fsp3) is 0.227. The summed E-state index contributed by atoms with van der Waals surface area (Å²) in [4.78, 5) is 17.7. The van der Waals surface area contributed by atoms with E-state index in [9.17, 15) is 4.79 Å². The quantitative estimate of drug-likeness (QED) is 0.651. The Morgan fingerprint density at radius 1 is 1.15 bits per heavy atom. The Bertz CT molecular complexity index is 997. The minimum Gasteiger partial charge on any atom is -0.326 e. The van der Waals surface area contributed by atoms with E-state index in [4.69, 9.17) is 10.2 Å². The highest BCUT2D eigenvalue weighted by Crippen LogP contribution is 2.39. The van der Waals surface area contributed by atoms with Crippen LogP contribution in [0.1, 0.15) is 29.3 Å². The molecule has 2 atom stereocenters. The van der Waals surface area contributed by atoms with Gasteiger partial charge in [0.1, 0.15) is 0 Å². The molecule has 134 valence electrons. The number of fused-ring (bicyclic) bond motifs is 1. The summed E-state index contributed by atoms with van der Waals surface area (Å²) in [7, 11) is 0. The number of aromatic nitrogens is 1. The van der Waals surface area contributed by atoms with E-state index < -0.39 is 0 Å². The van der Waals surface area contributed by atoms with Gasteiger partial charge in [-0.05, 0) is 42.7 Å². The zero-order valence-electron chi connectivity index (χ0n) is 14.8. The zero-order valence-corrected chi connectivity index (χ0v) is 15.6. The van der Waals surface area contributed by atoms with Crippen LogP contribution in [0.2, 0.25) is 0 Å². The minimum atomic E-state index is -0.130. The van der Waals surface area contributed by atoms with E-state index in [0.29, 0.717) is 6.42 Å². The van der Waals surface area contributed by atoms with Gasteiger partial charge in [-0.1, -0.05) is 36.4 Å². The highest BCUT2D eigenvalue weighted by molar-refractivity contribution is 7.18. The number of nitrogens with zero attached hydrogens (tertiary/aromatic N) is 2. The topological polar surface area (TPSA) is 65.8 Å². The van der Waals surface area contributed by atoms with Crippen molar-refractivity contribution in [2.75, 3.05) is 5.32 Å². The third-order valence-electron chi connectivity index (χ3n) is 4.90. The van der Waals surface area contributed by atoms with Crippen LogP contribution in [0.25, 0.3) is 10.2 Å². The van der Waals surface area contributed by atoms with E-state index >= 15 is 0 Å². The molecule has 1 N–H and O–H groups in total. The summed E-state index contributed by atoms with van der Waals surface area (Å²) in [5.74, 6) is -0.00347. The Kier molecular flexibility index (Phi) is 4.99. The average molecular weight is 373 g/mol. The molecule has 0 bridgehead atoms. The summed E-state index contributed by atoms with van der Waals surface area (Å²) < 4.78 is 1.16. The first kappa shape index (κ1) is 17.4. The van der Waals surface area contributed by atoms with Crippen molar-refractivity contribution >= 4 is 33.1 Å². The van der Waals surface area contributed by atoms with Crippen LogP contribution in [0, 0.1) is 17.2 Å². The second-order valence-electron chi connectivity index (χ2n) is 6.70. The number of amides is 1. The molecule has 1 aliphatic carbocycles. The lowest BCUT2D eigenvalue weighted by Crippen LogP contribution is -2.29. The van der Waals surface area contributed by atoms with Crippen LogP contribution in [0.3, 0.4) is 0 Å². The molecule has 3 aromatic rings. The van der Waals surface area contributed by atoms with Crippen molar-refractivity contribution in [1.82, 2.24) is 4.98 Å². The number of carbonyl (C=O) groups excluding carboxylic acids is 1. The van der Waals surface area contributed by atoms with E-state index in [2.05, 4.69) is 29.6 Å². The highest BCUT2D eigenvalue weighted by atomic mass is 32.1. The smallest absolute Gasteiger partial charge is 0.228 e. The number of hydrogen-bond acceptors (Lipinski definition) is 4. The maximum Gasteiger partial charge on any atom is 0.228 e. The molecule has 2 unspecified atom stereocenters. The molecule has 1 aromatic heterocycles. The number of carbonyl (C=O) groups is 1. The molecule has 1 heterocycles. The van der Waals surface area contributed by atoms with Crippen molar-refractivity contribution in [3.05, 3.63) is 71.3 Å². The number of benzene rings is 2. The molecule has 0 spiro atoms. The van der Waals surface area contributed by atoms with Crippen LogP contribution in [0.5, 0.6) is 0 Å². The summed E-state index contributed by atoms with van der Waals surface area (Å²) in [5.41, 5.74) is 2.71. The highest BCUT2D eigenvalue weighted by Gasteiger charge is 2.32. The van der Waals surface area contributed by atoms with Gasteiger partial charge in [-0.3, -0.25) is 4.79 Å². The van der Waals surface area contributed by atoms with Gasteiger partial charge < -0.3 is 5.32 Å². The predicted octanol–water partition coefficient (Wildman–Crippen LogP) is 5.05. The lowest BCUT2D eigenvalue weighted by molar-refractivity contribution is -0.120. The Labute approximate surface area is 162 Å². The van der Waals surface area contributed by atoms with Crippen LogP contribution in [0.15, 0.2) is 60.7 Å². The van der Waals surface area contributed by atoms with E-state index in [1.54, 1.807) is 11.3 Å². The Balaban J connectivity index is 1.54. The van der Waals surface area contributed by atoms with Crippen LogP contribution in [0.4, 0.5) is 5.69 Å². The SMILES string of the molecule is N#CCc1ccc(NC(=O)C2CC=CCC2c2nc3ccccc3s2)cc1. The molecule has 0 saturated carbocycles. The Morgan fingerprint density at radius 2 is 1.93 bits per heavy atom. The molecular formula is C22H19N3OS. The van der Waals surface area contributed by atoms with Gasteiger partial charge in [-0.25, -0.2) is 4.98 Å². The van der Waals surface area contributed by atoms with Gasteiger partial charge in [0, 0.05) is 11.6 Å². The minimum absolute atomic E-state index is 0.0247. The molecule has 0 saturated heterocycles. The maximum absolute atomic E-state index is 13.0. The first-order valence-electron chi connectivity index (χ1n) is 9.02. The average Bonchev–Trinajstić information content (AvgIpc) is 3.14. The molecule has 2 aromatic carbocycles. The van der Waals surface area contributed by atoms with Crippen molar-refractivity contribution in [3.63, 3.8) is 0 Å². The zero-order chi connectivity index (χ0) is 18.6. The number of para-hydroxylation sites is 1. The number of thiazole rings is 1. The molecular weight excluding hydrogens is 354 g/mol. The van der Waals surface area contributed by atoms with E-state index in [1.807, 2.05) is 42.5 Å². The first-order chi connectivity index (χ1) is 13.2. The summed E-state index contributed by atoms with van der Waals surface area (Å²) in [6, 6.07) is 17.7. The van der Waals surface area contributed by atoms with E-state index in [0.717, 1.165) is 39.3 Å². The number of rotatable bonds is 4. The number of nitriles is 1. The molecule has 1 aliphatic rings. The summed E-state index contributed by atoms with van der Waals surface area (Å²) in [6.45, 7) is 0. The van der Waals surface area contributed by atoms with E-state index in [1.165, 1.54) is 0 Å². The lowest BCUT2D eigenvalue weighted by atomic mass is 9.82. The fourth-order valence-electron chi connectivity index (χ4n) is 3.46. The monoisotopic (exact) mass is 373 g/mol. The molecule has 1 amide bonds. The Morgan fingerprint density at radius 3 is 2.70 bits per heavy atom. The third kappa shape index (κ3) is 3.76. The van der Waals surface area contributed by atoms with Crippen molar-refractivity contribution in [1.29, 1.82) is 5.26 Å². The molecule has 0 fully saturated rings. The summed E-state index contributed by atoms with van der Waals surface area (Å²) >= 11 is 1.68. The largest absolute Gasteiger partial charge is 0.326 e. The number of hydrogen-bond donors (Lipinski definition) is 1. The molecule has 0 radical (unpaired) electrons. The second kappa shape index (κ2) is 7.73. The van der Waals surface area contributed by atoms with Gasteiger partial charge in [-0.15, -0.1) is 11.3 Å². The lowest BCUT2D eigenvalue weighted by Gasteiger charge is -2.26. The van der Waals surface area contributed by atoms with Gasteiger partial charge in [0.25, 0.3) is 0 Å². The van der Waals surface area contributed by atoms with Crippen LogP contribution in [-0.2, 0) is 11.2 Å². The molecule has 27 heavy (non-hydrogen) atoms. The van der Waals surface area contributed by atoms with Crippen molar-refractivity contribution in [2.24, 2.45) is 5.92 Å². The van der Waals surface area contributed by atoms with Gasteiger partial charge in [0.15, 0.2) is 0 Å².